The van der Waals surface area contributed by atoms with Crippen LogP contribution in [0.1, 0.15) is 27.2 Å². The molecule has 0 spiro atoms. The molecule has 1 unspecified atom stereocenters. The molecule has 2 rings (SSSR count). The van der Waals surface area contributed by atoms with Gasteiger partial charge in [0.2, 0.25) is 0 Å². The van der Waals surface area contributed by atoms with E-state index in [2.05, 4.69) is 35.4 Å². The molecule has 5 heteroatoms. The van der Waals surface area contributed by atoms with Crippen LogP contribution in [0.3, 0.4) is 0 Å². The summed E-state index contributed by atoms with van der Waals surface area (Å²) < 4.78 is 3.99. The van der Waals surface area contributed by atoms with Crippen molar-refractivity contribution in [1.29, 1.82) is 0 Å². The number of nitrogens with two attached hydrogens (primary N) is 1. The lowest BCUT2D eigenvalue weighted by molar-refractivity contribution is 0.267. The number of nitrogens with zero attached hydrogens (tertiary/aromatic N) is 4. The van der Waals surface area contributed by atoms with Gasteiger partial charge in [-0.3, -0.25) is 4.68 Å². The molecule has 0 saturated heterocycles. The first-order valence-electron chi connectivity index (χ1n) is 6.68. The highest BCUT2D eigenvalue weighted by molar-refractivity contribution is 5.57. The van der Waals surface area contributed by atoms with Crippen molar-refractivity contribution in [1.82, 2.24) is 19.3 Å². The molecule has 0 aromatic carbocycles. The fourth-order valence-corrected chi connectivity index (χ4v) is 2.65. The summed E-state index contributed by atoms with van der Waals surface area (Å²) in [5.41, 5.74) is 8.06. The summed E-state index contributed by atoms with van der Waals surface area (Å²) in [4.78, 5) is 4.30. The van der Waals surface area contributed by atoms with Crippen LogP contribution >= 0.6 is 0 Å². The zero-order valence-corrected chi connectivity index (χ0v) is 12.2. The van der Waals surface area contributed by atoms with Gasteiger partial charge in [0.15, 0.2) is 0 Å². The second-order valence-corrected chi connectivity index (χ2v) is 5.85. The van der Waals surface area contributed by atoms with Crippen LogP contribution in [-0.4, -0.2) is 25.9 Å². The molecule has 2 aromatic rings. The second-order valence-electron chi connectivity index (χ2n) is 5.85. The maximum atomic E-state index is 6.03. The highest BCUT2D eigenvalue weighted by atomic mass is 15.2. The van der Waals surface area contributed by atoms with Crippen molar-refractivity contribution in [3.05, 3.63) is 24.9 Å². The molecule has 2 aromatic heterocycles. The van der Waals surface area contributed by atoms with Crippen LogP contribution in [0.25, 0.3) is 11.3 Å². The maximum absolute atomic E-state index is 6.03. The Balaban J connectivity index is 2.43. The third-order valence-corrected chi connectivity index (χ3v) is 3.51. The van der Waals surface area contributed by atoms with E-state index in [-0.39, 0.29) is 5.54 Å². The summed E-state index contributed by atoms with van der Waals surface area (Å²) in [6, 6.07) is 0. The summed E-state index contributed by atoms with van der Waals surface area (Å²) in [5, 5.41) is 4.23. The van der Waals surface area contributed by atoms with E-state index in [1.165, 1.54) is 0 Å². The first-order chi connectivity index (χ1) is 8.96. The molecule has 0 saturated carbocycles. The summed E-state index contributed by atoms with van der Waals surface area (Å²) in [7, 11) is 1.92. The predicted octanol–water partition coefficient (Wildman–Crippen LogP) is 2.00. The Labute approximate surface area is 114 Å². The zero-order chi connectivity index (χ0) is 14.0. The SMILES string of the molecule is CC(C)CC(C)(CN)n1cncc1-c1cnn(C)c1. The molecular formula is C14H23N5. The fourth-order valence-electron chi connectivity index (χ4n) is 2.65. The summed E-state index contributed by atoms with van der Waals surface area (Å²) >= 11 is 0. The molecule has 2 N–H and O–H groups in total. The van der Waals surface area contributed by atoms with E-state index in [1.807, 2.05) is 32.0 Å². The molecule has 0 aliphatic heterocycles. The van der Waals surface area contributed by atoms with Crippen LogP contribution < -0.4 is 5.73 Å². The molecule has 0 amide bonds. The van der Waals surface area contributed by atoms with Crippen molar-refractivity contribution in [2.75, 3.05) is 6.54 Å². The third kappa shape index (κ3) is 2.71. The number of aromatic nitrogens is 4. The number of imidazole rings is 1. The van der Waals surface area contributed by atoms with E-state index in [4.69, 9.17) is 5.73 Å². The third-order valence-electron chi connectivity index (χ3n) is 3.51. The Morgan fingerprint density at radius 1 is 1.37 bits per heavy atom. The molecule has 104 valence electrons. The van der Waals surface area contributed by atoms with Gasteiger partial charge in [0, 0.05) is 25.4 Å². The topological polar surface area (TPSA) is 61.7 Å². The van der Waals surface area contributed by atoms with Crippen molar-refractivity contribution in [3.8, 4) is 11.3 Å². The zero-order valence-electron chi connectivity index (χ0n) is 12.2. The summed E-state index contributed by atoms with van der Waals surface area (Å²) in [6.07, 6.45) is 8.63. The molecular weight excluding hydrogens is 238 g/mol. The Morgan fingerprint density at radius 3 is 2.63 bits per heavy atom. The fraction of sp³-hybridized carbons (Fsp3) is 0.571. The number of hydrogen-bond acceptors (Lipinski definition) is 3. The van der Waals surface area contributed by atoms with Crippen LogP contribution in [0.15, 0.2) is 24.9 Å². The number of hydrogen-bond donors (Lipinski definition) is 1. The average Bonchev–Trinajstić information content (AvgIpc) is 2.95. The van der Waals surface area contributed by atoms with Crippen LogP contribution in [0.5, 0.6) is 0 Å². The van der Waals surface area contributed by atoms with Crippen LogP contribution in [0.4, 0.5) is 0 Å². The monoisotopic (exact) mass is 261 g/mol. The van der Waals surface area contributed by atoms with Gasteiger partial charge < -0.3 is 10.3 Å². The Bertz CT molecular complexity index is 540. The standard InChI is InChI=1S/C14H23N5/c1-11(2)5-14(3,9-15)19-10-16-7-13(19)12-6-17-18(4)8-12/h6-8,10-11H,5,9,15H2,1-4H3. The maximum Gasteiger partial charge on any atom is 0.0956 e. The van der Waals surface area contributed by atoms with E-state index in [0.29, 0.717) is 12.5 Å². The van der Waals surface area contributed by atoms with Crippen LogP contribution in [0, 0.1) is 5.92 Å². The van der Waals surface area contributed by atoms with Crippen molar-refractivity contribution in [2.24, 2.45) is 18.7 Å². The molecule has 19 heavy (non-hydrogen) atoms. The van der Waals surface area contributed by atoms with E-state index >= 15 is 0 Å². The predicted molar refractivity (Wildman–Crippen MR) is 76.6 cm³/mol. The van der Waals surface area contributed by atoms with Gasteiger partial charge in [0.1, 0.15) is 0 Å². The summed E-state index contributed by atoms with van der Waals surface area (Å²) in [5.74, 6) is 0.581. The van der Waals surface area contributed by atoms with Gasteiger partial charge in [-0.2, -0.15) is 5.10 Å². The molecule has 2 heterocycles. The molecule has 0 aliphatic rings. The Hall–Kier alpha value is -1.62. The highest BCUT2D eigenvalue weighted by Gasteiger charge is 2.28. The van der Waals surface area contributed by atoms with Gasteiger partial charge in [-0.25, -0.2) is 4.98 Å². The van der Waals surface area contributed by atoms with Gasteiger partial charge >= 0.3 is 0 Å². The van der Waals surface area contributed by atoms with Crippen molar-refractivity contribution < 1.29 is 0 Å². The van der Waals surface area contributed by atoms with E-state index in [9.17, 15) is 0 Å². The number of rotatable bonds is 5. The normalized spacial score (nSPS) is 14.8. The lowest BCUT2D eigenvalue weighted by atomic mass is 9.90. The lowest BCUT2D eigenvalue weighted by Gasteiger charge is -2.33. The minimum Gasteiger partial charge on any atom is -0.328 e. The van der Waals surface area contributed by atoms with E-state index in [0.717, 1.165) is 17.7 Å². The van der Waals surface area contributed by atoms with Gasteiger partial charge in [-0.1, -0.05) is 13.8 Å². The van der Waals surface area contributed by atoms with Gasteiger partial charge in [-0.05, 0) is 19.3 Å². The molecule has 0 bridgehead atoms. The quantitative estimate of drug-likeness (QED) is 0.895. The minimum atomic E-state index is -0.115. The average molecular weight is 261 g/mol. The smallest absolute Gasteiger partial charge is 0.0956 e. The van der Waals surface area contributed by atoms with E-state index in [1.54, 1.807) is 4.68 Å². The van der Waals surface area contributed by atoms with Gasteiger partial charge in [0.25, 0.3) is 0 Å². The van der Waals surface area contributed by atoms with Gasteiger partial charge in [-0.15, -0.1) is 0 Å². The van der Waals surface area contributed by atoms with Crippen molar-refractivity contribution >= 4 is 0 Å². The Morgan fingerprint density at radius 2 is 2.11 bits per heavy atom. The first kappa shape index (κ1) is 13.8. The molecule has 0 radical (unpaired) electrons. The largest absolute Gasteiger partial charge is 0.328 e. The highest BCUT2D eigenvalue weighted by Crippen LogP contribution is 2.30. The Kier molecular flexibility index (Phi) is 3.75. The first-order valence-corrected chi connectivity index (χ1v) is 6.68. The van der Waals surface area contributed by atoms with Crippen molar-refractivity contribution in [3.63, 3.8) is 0 Å². The minimum absolute atomic E-state index is 0.115. The van der Waals surface area contributed by atoms with Gasteiger partial charge in [0.05, 0.1) is 30.0 Å². The molecule has 1 atom stereocenters. The second kappa shape index (κ2) is 5.17. The lowest BCUT2D eigenvalue weighted by Crippen LogP contribution is -2.39. The molecule has 0 aliphatic carbocycles. The van der Waals surface area contributed by atoms with E-state index < -0.39 is 0 Å². The summed E-state index contributed by atoms with van der Waals surface area (Å²) in [6.45, 7) is 7.21. The molecule has 5 nitrogen and oxygen atoms in total. The molecule has 0 fully saturated rings. The van der Waals surface area contributed by atoms with Crippen molar-refractivity contribution in [2.45, 2.75) is 32.7 Å². The van der Waals surface area contributed by atoms with Crippen LogP contribution in [-0.2, 0) is 12.6 Å². The van der Waals surface area contributed by atoms with Crippen LogP contribution in [0.2, 0.25) is 0 Å². The number of aryl methyl sites for hydroxylation is 1.